The number of nitrogens with one attached hydrogen (secondary N) is 1. The van der Waals surface area contributed by atoms with Gasteiger partial charge in [0, 0.05) is 28.5 Å². The van der Waals surface area contributed by atoms with Gasteiger partial charge in [-0.1, -0.05) is 28.1 Å². The van der Waals surface area contributed by atoms with Crippen molar-refractivity contribution >= 4 is 15.9 Å². The molecule has 0 saturated heterocycles. The van der Waals surface area contributed by atoms with Crippen LogP contribution in [0.2, 0.25) is 0 Å². The van der Waals surface area contributed by atoms with Gasteiger partial charge >= 0.3 is 0 Å². The third-order valence-corrected chi connectivity index (χ3v) is 4.08. The lowest BCUT2D eigenvalue weighted by Gasteiger charge is -2.27. The van der Waals surface area contributed by atoms with Gasteiger partial charge in [-0.15, -0.1) is 0 Å². The Balaban J connectivity index is 2.06. The van der Waals surface area contributed by atoms with Crippen molar-refractivity contribution in [2.45, 2.75) is 25.5 Å². The van der Waals surface area contributed by atoms with E-state index in [0.29, 0.717) is 12.8 Å². The Bertz CT molecular complexity index is 588. The number of rotatable bonds is 1. The summed E-state index contributed by atoms with van der Waals surface area (Å²) in [7, 11) is 0. The molecule has 0 fully saturated rings. The normalized spacial score (nSPS) is 22.7. The molecule has 1 aromatic heterocycles. The Kier molecular flexibility index (Phi) is 4.15. The van der Waals surface area contributed by atoms with Crippen LogP contribution in [0.3, 0.4) is 0 Å². The van der Waals surface area contributed by atoms with E-state index in [1.54, 1.807) is 6.20 Å². The minimum Gasteiger partial charge on any atom is -0.354 e. The number of nitrogens with zero attached hydrogens (tertiary/aromatic N) is 1. The zero-order chi connectivity index (χ0) is 13.9. The van der Waals surface area contributed by atoms with E-state index < -0.39 is 0 Å². The molecule has 2 heterocycles. The molecule has 0 bridgehead atoms. The van der Waals surface area contributed by atoms with Crippen LogP contribution in [0.1, 0.15) is 29.7 Å². The molecule has 1 aliphatic rings. The van der Waals surface area contributed by atoms with Crippen molar-refractivity contribution in [2.75, 3.05) is 6.73 Å². The lowest BCUT2D eigenvalue weighted by atomic mass is 9.93. The maximum atomic E-state index is 6.04. The Morgan fingerprint density at radius 1 is 1.35 bits per heavy atom. The van der Waals surface area contributed by atoms with Crippen LogP contribution in [0.5, 0.6) is 0 Å². The average Bonchev–Trinajstić information content (AvgIpc) is 2.44. The predicted molar refractivity (Wildman–Crippen MR) is 82.5 cm³/mol. The van der Waals surface area contributed by atoms with Gasteiger partial charge in [0.1, 0.15) is 6.10 Å². The Morgan fingerprint density at radius 2 is 2.25 bits per heavy atom. The van der Waals surface area contributed by atoms with E-state index in [0.717, 1.165) is 16.5 Å². The first kappa shape index (κ1) is 13.7. The highest BCUT2D eigenvalue weighted by Gasteiger charge is 2.22. The molecule has 4 heteroatoms. The molecule has 3 rings (SSSR count). The number of halogens is 1. The molecule has 2 atom stereocenters. The van der Waals surface area contributed by atoms with Gasteiger partial charge < -0.3 is 4.74 Å². The first-order chi connectivity index (χ1) is 9.74. The molecule has 0 aliphatic carbocycles. The van der Waals surface area contributed by atoms with Gasteiger partial charge in [-0.25, -0.2) is 0 Å². The highest BCUT2D eigenvalue weighted by Crippen LogP contribution is 2.31. The quantitative estimate of drug-likeness (QED) is 0.868. The lowest BCUT2D eigenvalue weighted by molar-refractivity contribution is 0.0551. The number of hydrogen-bond acceptors (Lipinski definition) is 3. The fourth-order valence-electron chi connectivity index (χ4n) is 2.58. The van der Waals surface area contributed by atoms with E-state index in [-0.39, 0.29) is 6.10 Å². The van der Waals surface area contributed by atoms with Crippen LogP contribution in [0, 0.1) is 0 Å². The van der Waals surface area contributed by atoms with Crippen LogP contribution in [0.25, 0.3) is 0 Å². The topological polar surface area (TPSA) is 34.1 Å². The number of ether oxygens (including phenoxy) is 1. The molecule has 1 aromatic carbocycles. The van der Waals surface area contributed by atoms with Crippen LogP contribution in [0.15, 0.2) is 47.2 Å². The summed E-state index contributed by atoms with van der Waals surface area (Å²) in [5.41, 5.74) is 3.63. The molecular weight excluding hydrogens is 316 g/mol. The molecule has 1 N–H and O–H groups in total. The summed E-state index contributed by atoms with van der Waals surface area (Å²) in [6.07, 6.45) is 4.60. The van der Waals surface area contributed by atoms with E-state index in [1.807, 2.05) is 12.3 Å². The van der Waals surface area contributed by atoms with Gasteiger partial charge in [0.15, 0.2) is 0 Å². The Hall–Kier alpha value is -1.23. The molecule has 0 amide bonds. The number of fused-ring (bicyclic) bond motifs is 1. The molecule has 104 valence electrons. The van der Waals surface area contributed by atoms with Gasteiger partial charge in [-0.2, -0.15) is 0 Å². The molecule has 1 aliphatic heterocycles. The molecule has 3 nitrogen and oxygen atoms in total. The fraction of sp³-hybridized carbons (Fsp3) is 0.312. The van der Waals surface area contributed by atoms with Crippen molar-refractivity contribution in [1.29, 1.82) is 0 Å². The van der Waals surface area contributed by atoms with Crippen molar-refractivity contribution in [1.82, 2.24) is 10.3 Å². The summed E-state index contributed by atoms with van der Waals surface area (Å²) in [4.78, 5) is 4.21. The van der Waals surface area contributed by atoms with Gasteiger partial charge in [-0.05, 0) is 42.7 Å². The molecule has 0 spiro atoms. The zero-order valence-corrected chi connectivity index (χ0v) is 12.9. The van der Waals surface area contributed by atoms with Gasteiger partial charge in [-0.3, -0.25) is 10.3 Å². The second kappa shape index (κ2) is 6.04. The first-order valence-electron chi connectivity index (χ1n) is 6.77. The second-order valence-corrected chi connectivity index (χ2v) is 6.05. The fourth-order valence-corrected chi connectivity index (χ4v) is 2.99. The lowest BCUT2D eigenvalue weighted by Crippen LogP contribution is -2.34. The zero-order valence-electron chi connectivity index (χ0n) is 11.3. The maximum absolute atomic E-state index is 6.04. The number of aromatic nitrogens is 1. The number of pyridine rings is 1. The molecular formula is C16H17BrN2O. The predicted octanol–water partition coefficient (Wildman–Crippen LogP) is 3.44. The maximum Gasteiger partial charge on any atom is 0.111 e. The molecule has 0 saturated carbocycles. The second-order valence-electron chi connectivity index (χ2n) is 5.13. The van der Waals surface area contributed by atoms with E-state index in [1.165, 1.54) is 11.1 Å². The third-order valence-electron chi connectivity index (χ3n) is 3.58. The van der Waals surface area contributed by atoms with Crippen molar-refractivity contribution < 1.29 is 4.74 Å². The molecule has 2 unspecified atom stereocenters. The summed E-state index contributed by atoms with van der Waals surface area (Å²) in [5.74, 6) is 0. The highest BCUT2D eigenvalue weighted by molar-refractivity contribution is 9.10. The average molecular weight is 333 g/mol. The van der Waals surface area contributed by atoms with Gasteiger partial charge in [0.05, 0.1) is 6.73 Å². The van der Waals surface area contributed by atoms with Crippen LogP contribution < -0.4 is 5.32 Å². The summed E-state index contributed by atoms with van der Waals surface area (Å²) in [6, 6.07) is 10.8. The minimum atomic E-state index is -0.0631. The van der Waals surface area contributed by atoms with Gasteiger partial charge in [0.2, 0.25) is 0 Å². The summed E-state index contributed by atoms with van der Waals surface area (Å²) in [6.45, 7) is 2.73. The minimum absolute atomic E-state index is 0.0631. The third kappa shape index (κ3) is 2.92. The molecule has 0 radical (unpaired) electrons. The van der Waals surface area contributed by atoms with Crippen molar-refractivity contribution in [2.24, 2.45) is 0 Å². The van der Waals surface area contributed by atoms with Crippen LogP contribution in [0.4, 0.5) is 0 Å². The summed E-state index contributed by atoms with van der Waals surface area (Å²) in [5, 5.41) is 3.39. The first-order valence-corrected chi connectivity index (χ1v) is 7.56. The van der Waals surface area contributed by atoms with E-state index in [2.05, 4.69) is 57.4 Å². The number of hydrogen-bond donors (Lipinski definition) is 1. The smallest absolute Gasteiger partial charge is 0.111 e. The standard InChI is InChI=1S/C16H17BrN2O/c1-11-7-13-8-14(17)4-5-15(13)16(20-10-19-11)12-3-2-6-18-9-12/h2-6,8-9,11,16,19H,7,10H2,1H3. The van der Waals surface area contributed by atoms with Crippen LogP contribution in [-0.4, -0.2) is 17.8 Å². The van der Waals surface area contributed by atoms with Gasteiger partial charge in [0.25, 0.3) is 0 Å². The molecule has 2 aromatic rings. The summed E-state index contributed by atoms with van der Waals surface area (Å²) >= 11 is 3.56. The monoisotopic (exact) mass is 332 g/mol. The number of benzene rings is 1. The SMILES string of the molecule is CC1Cc2cc(Br)ccc2C(c2cccnc2)OCN1. The van der Waals surface area contributed by atoms with E-state index in [4.69, 9.17) is 4.74 Å². The largest absolute Gasteiger partial charge is 0.354 e. The Labute approximate surface area is 127 Å². The van der Waals surface area contributed by atoms with Crippen molar-refractivity contribution in [3.63, 3.8) is 0 Å². The summed E-state index contributed by atoms with van der Waals surface area (Å²) < 4.78 is 7.14. The van der Waals surface area contributed by atoms with E-state index in [9.17, 15) is 0 Å². The van der Waals surface area contributed by atoms with Crippen LogP contribution in [-0.2, 0) is 11.2 Å². The van der Waals surface area contributed by atoms with Crippen molar-refractivity contribution in [3.05, 3.63) is 63.9 Å². The van der Waals surface area contributed by atoms with E-state index >= 15 is 0 Å². The highest BCUT2D eigenvalue weighted by atomic mass is 79.9. The Morgan fingerprint density at radius 3 is 3.05 bits per heavy atom. The van der Waals surface area contributed by atoms with Crippen LogP contribution >= 0.6 is 15.9 Å². The van der Waals surface area contributed by atoms with Crippen molar-refractivity contribution in [3.8, 4) is 0 Å². The molecule has 20 heavy (non-hydrogen) atoms.